The van der Waals surface area contributed by atoms with Crippen molar-refractivity contribution >= 4 is 37.7 Å². The van der Waals surface area contributed by atoms with Crippen LogP contribution in [0.25, 0.3) is 0 Å². The molecule has 1 aliphatic heterocycles. The molecule has 0 saturated carbocycles. The molecule has 0 bridgehead atoms. The van der Waals surface area contributed by atoms with Crippen LogP contribution in [0.4, 0.5) is 9.18 Å². The second-order valence-corrected chi connectivity index (χ2v) is 15.4. The summed E-state index contributed by atoms with van der Waals surface area (Å²) in [5.41, 5.74) is -2.66. The van der Waals surface area contributed by atoms with Crippen LogP contribution in [-0.2, 0) is 38.9 Å². The minimum atomic E-state index is -4.49. The monoisotopic (exact) mass is 629 g/mol. The van der Waals surface area contributed by atoms with E-state index in [-0.39, 0.29) is 24.5 Å². The van der Waals surface area contributed by atoms with Gasteiger partial charge in [0.25, 0.3) is 0 Å². The van der Waals surface area contributed by atoms with E-state index in [2.05, 4.69) is 10.0 Å². The van der Waals surface area contributed by atoms with E-state index in [0.717, 1.165) is 18.2 Å². The summed E-state index contributed by atoms with van der Waals surface area (Å²) in [6.45, 7) is 4.77. The number of esters is 1. The van der Waals surface area contributed by atoms with E-state index >= 15 is 0 Å². The first kappa shape index (κ1) is 33.4. The van der Waals surface area contributed by atoms with Crippen molar-refractivity contribution in [2.45, 2.75) is 56.2 Å². The zero-order valence-electron chi connectivity index (χ0n) is 24.0. The molecule has 2 unspecified atom stereocenters. The van der Waals surface area contributed by atoms with Gasteiger partial charge in [-0.15, -0.1) is 0 Å². The molecule has 0 aromatic heterocycles. The van der Waals surface area contributed by atoms with Gasteiger partial charge in [-0.1, -0.05) is 12.1 Å². The number of ether oxygens (including phenoxy) is 2. The minimum Gasteiger partial charge on any atom is -0.459 e. The van der Waals surface area contributed by atoms with Crippen LogP contribution < -0.4 is 10.0 Å². The maximum Gasteiger partial charge on any atom is 0.414 e. The molecule has 3 atom stereocenters. The summed E-state index contributed by atoms with van der Waals surface area (Å²) in [5.74, 6) is -2.95. The fourth-order valence-corrected chi connectivity index (χ4v) is 7.05. The van der Waals surface area contributed by atoms with E-state index < -0.39 is 83.7 Å². The van der Waals surface area contributed by atoms with Gasteiger partial charge in [0.05, 0.1) is 27.9 Å². The molecule has 12 nitrogen and oxygen atoms in total. The normalized spacial score (nSPS) is 22.9. The van der Waals surface area contributed by atoms with Crippen molar-refractivity contribution in [3.63, 3.8) is 0 Å². The molecule has 2 aliphatic rings. The van der Waals surface area contributed by atoms with Crippen LogP contribution in [0.5, 0.6) is 0 Å². The predicted octanol–water partition coefficient (Wildman–Crippen LogP) is 1.69. The molecular weight excluding hydrogens is 593 g/mol. The van der Waals surface area contributed by atoms with Crippen molar-refractivity contribution in [2.24, 2.45) is 5.41 Å². The molecule has 1 fully saturated rings. The highest BCUT2D eigenvalue weighted by Gasteiger charge is 2.47. The number of halogens is 1. The smallest absolute Gasteiger partial charge is 0.414 e. The Morgan fingerprint density at radius 1 is 1.24 bits per heavy atom. The summed E-state index contributed by atoms with van der Waals surface area (Å²) < 4.78 is 78.1. The number of allylic oxidation sites excluding steroid dienone is 3. The van der Waals surface area contributed by atoms with Crippen molar-refractivity contribution in [3.8, 4) is 0 Å². The number of benzene rings is 1. The van der Waals surface area contributed by atoms with Crippen LogP contribution in [0.15, 0.2) is 53.1 Å². The molecule has 2 N–H and O–H groups in total. The highest BCUT2D eigenvalue weighted by Crippen LogP contribution is 2.38. The third-order valence-electron chi connectivity index (χ3n) is 6.50. The van der Waals surface area contributed by atoms with Crippen LogP contribution in [-0.4, -0.2) is 89.4 Å². The Hall–Kier alpha value is -3.14. The van der Waals surface area contributed by atoms with Gasteiger partial charge >= 0.3 is 12.1 Å². The number of amides is 1. The summed E-state index contributed by atoms with van der Waals surface area (Å²) in [7, 11) is -5.08. The third-order valence-corrected chi connectivity index (χ3v) is 9.64. The lowest BCUT2D eigenvalue weighted by atomic mass is 9.71. The summed E-state index contributed by atoms with van der Waals surface area (Å²) in [4.78, 5) is 40.2. The van der Waals surface area contributed by atoms with Crippen LogP contribution >= 0.6 is 0 Å². The van der Waals surface area contributed by atoms with Gasteiger partial charge in [-0.05, 0) is 64.0 Å². The number of sulfone groups is 1. The molecule has 1 heterocycles. The Morgan fingerprint density at radius 3 is 2.48 bits per heavy atom. The Bertz CT molecular complexity index is 1500. The molecule has 232 valence electrons. The fraction of sp³-hybridized carbons (Fsp3) is 0.519. The summed E-state index contributed by atoms with van der Waals surface area (Å²) in [6, 6.07) is 1.38. The number of carbonyl (C=O) groups excluding carboxylic acids is 3. The second-order valence-electron chi connectivity index (χ2n) is 11.4. The number of nitrogens with zero attached hydrogens (tertiary/aromatic N) is 1. The molecule has 0 radical (unpaired) electrons. The van der Waals surface area contributed by atoms with Gasteiger partial charge in [0.1, 0.15) is 23.2 Å². The van der Waals surface area contributed by atoms with Gasteiger partial charge < -0.3 is 19.7 Å². The Labute approximate surface area is 245 Å². The van der Waals surface area contributed by atoms with Crippen LogP contribution in [0.3, 0.4) is 0 Å². The first-order valence-electron chi connectivity index (χ1n) is 13.1. The number of ketones is 1. The number of nitrogens with one attached hydrogen (secondary N) is 2. The number of carbonyl (C=O) groups is 3. The largest absolute Gasteiger partial charge is 0.459 e. The lowest BCUT2D eigenvalue weighted by Crippen LogP contribution is -2.56. The Morgan fingerprint density at radius 2 is 1.93 bits per heavy atom. The lowest BCUT2D eigenvalue weighted by Gasteiger charge is -2.37. The number of rotatable bonds is 9. The highest BCUT2D eigenvalue weighted by atomic mass is 32.2. The maximum absolute atomic E-state index is 14.0. The fourth-order valence-electron chi connectivity index (χ4n) is 4.46. The average molecular weight is 630 g/mol. The molecular formula is C27H36FN3O9S2. The van der Waals surface area contributed by atoms with E-state index in [1.807, 2.05) is 0 Å². The standard InChI is InChI=1S/C27H36FN3O9S2/c1-26(2,3)40-24(33)21(30-42(37,38)20-8-6-7-18(28)15-20)16-27(23(32)22-17-41(35,36)14-13-29-22)11-9-19(10-12-27)39-25(34)31(4)5/h6-11,15,21-22,29-30H,12-14,16-17H2,1-5H3/t21-,22?,27?/m0/s1. The van der Waals surface area contributed by atoms with Gasteiger partial charge in [0.2, 0.25) is 10.0 Å². The van der Waals surface area contributed by atoms with Crippen molar-refractivity contribution in [3.05, 3.63) is 54.1 Å². The number of hydrogen-bond acceptors (Lipinski definition) is 10. The molecule has 42 heavy (non-hydrogen) atoms. The van der Waals surface area contributed by atoms with E-state index in [4.69, 9.17) is 9.47 Å². The van der Waals surface area contributed by atoms with Crippen LogP contribution in [0, 0.1) is 11.2 Å². The zero-order chi connectivity index (χ0) is 31.5. The zero-order valence-corrected chi connectivity index (χ0v) is 25.7. The highest BCUT2D eigenvalue weighted by molar-refractivity contribution is 7.91. The quantitative estimate of drug-likeness (QED) is 0.384. The van der Waals surface area contributed by atoms with E-state index in [1.165, 1.54) is 43.3 Å². The molecule has 1 aromatic rings. The van der Waals surface area contributed by atoms with Crippen LogP contribution in [0.1, 0.15) is 33.6 Å². The van der Waals surface area contributed by atoms with E-state index in [1.54, 1.807) is 20.8 Å². The topological polar surface area (TPSA) is 165 Å². The number of Topliss-reactive ketones (excluding diaryl/α,β-unsaturated/α-hetero) is 1. The molecule has 15 heteroatoms. The van der Waals surface area contributed by atoms with Crippen molar-refractivity contribution in [1.29, 1.82) is 0 Å². The van der Waals surface area contributed by atoms with E-state index in [9.17, 15) is 35.6 Å². The first-order chi connectivity index (χ1) is 19.3. The molecule has 3 rings (SSSR count). The summed E-state index contributed by atoms with van der Waals surface area (Å²) >= 11 is 0. The van der Waals surface area contributed by atoms with Gasteiger partial charge in [0.15, 0.2) is 15.6 Å². The lowest BCUT2D eigenvalue weighted by molar-refractivity contribution is -0.157. The van der Waals surface area contributed by atoms with Crippen LogP contribution in [0.2, 0.25) is 0 Å². The number of sulfonamides is 1. The predicted molar refractivity (Wildman–Crippen MR) is 151 cm³/mol. The third kappa shape index (κ3) is 8.69. The summed E-state index contributed by atoms with van der Waals surface area (Å²) in [5, 5.41) is 2.90. The maximum atomic E-state index is 14.0. The average Bonchev–Trinajstić information content (AvgIpc) is 2.87. The molecule has 0 spiro atoms. The molecule has 1 saturated heterocycles. The molecule has 1 aromatic carbocycles. The first-order valence-corrected chi connectivity index (χ1v) is 16.4. The van der Waals surface area contributed by atoms with Crippen molar-refractivity contribution in [2.75, 3.05) is 32.1 Å². The Balaban J connectivity index is 2.04. The SMILES string of the molecule is CN(C)C(=O)OC1=CCC(C[C@H](NS(=O)(=O)c2cccc(F)c2)C(=O)OC(C)(C)C)(C(=O)C2CS(=O)(=O)CCN2)C=C1. The second kappa shape index (κ2) is 12.6. The van der Waals surface area contributed by atoms with Gasteiger partial charge in [-0.3, -0.25) is 9.59 Å². The molecule has 1 aliphatic carbocycles. The summed E-state index contributed by atoms with van der Waals surface area (Å²) in [6.07, 6.45) is 2.84. The Kier molecular flexibility index (Phi) is 10.0. The van der Waals surface area contributed by atoms with Crippen molar-refractivity contribution < 1.29 is 45.1 Å². The van der Waals surface area contributed by atoms with Gasteiger partial charge in [-0.2, -0.15) is 4.72 Å². The molecule has 1 amide bonds. The van der Waals surface area contributed by atoms with Crippen molar-refractivity contribution in [1.82, 2.24) is 14.9 Å². The number of hydrogen-bond donors (Lipinski definition) is 2. The minimum absolute atomic E-state index is 0.0295. The van der Waals surface area contributed by atoms with Gasteiger partial charge in [0, 0.05) is 20.6 Å². The van der Waals surface area contributed by atoms with Gasteiger partial charge in [-0.25, -0.2) is 26.0 Å². The van der Waals surface area contributed by atoms with E-state index in [0.29, 0.717) is 0 Å².